The van der Waals surface area contributed by atoms with Gasteiger partial charge in [-0.05, 0) is 42.3 Å². The molecule has 0 unspecified atom stereocenters. The molecule has 7 heteroatoms. The molecule has 1 N–H and O–H groups in total. The fraction of sp³-hybridized carbons (Fsp3) is 0.412. The van der Waals surface area contributed by atoms with Gasteiger partial charge in [0, 0.05) is 12.0 Å². The van der Waals surface area contributed by atoms with Crippen molar-refractivity contribution in [3.05, 3.63) is 45.5 Å². The van der Waals surface area contributed by atoms with E-state index < -0.39 is 0 Å². The first kappa shape index (κ1) is 17.4. The number of hydrogen-bond donors (Lipinski definition) is 1. The predicted octanol–water partition coefficient (Wildman–Crippen LogP) is 4.52. The van der Waals surface area contributed by atoms with E-state index in [4.69, 9.17) is 9.72 Å². The number of halogens is 1. The fourth-order valence-electron chi connectivity index (χ4n) is 2.35. The van der Waals surface area contributed by atoms with Gasteiger partial charge in [0.05, 0.1) is 18.9 Å². The lowest BCUT2D eigenvalue weighted by atomic mass is 10.1. The van der Waals surface area contributed by atoms with E-state index in [1.54, 1.807) is 0 Å². The van der Waals surface area contributed by atoms with Crippen molar-refractivity contribution in [3.8, 4) is 0 Å². The van der Waals surface area contributed by atoms with E-state index >= 15 is 0 Å². The van der Waals surface area contributed by atoms with Crippen LogP contribution in [0.25, 0.3) is 4.96 Å². The van der Waals surface area contributed by atoms with Crippen LogP contribution in [0.1, 0.15) is 32.0 Å². The third-order valence-corrected chi connectivity index (χ3v) is 4.68. The van der Waals surface area contributed by atoms with Crippen LogP contribution >= 0.6 is 27.3 Å². The molecule has 0 amide bonds. The number of nitrogens with one attached hydrogen (secondary N) is 1. The van der Waals surface area contributed by atoms with E-state index in [2.05, 4.69) is 59.2 Å². The van der Waals surface area contributed by atoms with E-state index in [1.807, 2.05) is 22.7 Å². The van der Waals surface area contributed by atoms with E-state index in [9.17, 15) is 0 Å². The lowest BCUT2D eigenvalue weighted by Gasteiger charge is -2.21. The molecule has 0 bridgehead atoms. The highest BCUT2D eigenvalue weighted by molar-refractivity contribution is 9.11. The van der Waals surface area contributed by atoms with E-state index in [-0.39, 0.29) is 5.54 Å². The molecule has 0 atom stereocenters. The summed E-state index contributed by atoms with van der Waals surface area (Å²) in [4.78, 5) is 5.59. The summed E-state index contributed by atoms with van der Waals surface area (Å²) in [5.41, 5.74) is 2.11. The first-order chi connectivity index (χ1) is 11.4. The second-order valence-corrected chi connectivity index (χ2v) is 8.85. The van der Waals surface area contributed by atoms with Crippen molar-refractivity contribution in [2.75, 3.05) is 11.9 Å². The van der Waals surface area contributed by atoms with Gasteiger partial charge in [-0.2, -0.15) is 4.52 Å². The van der Waals surface area contributed by atoms with Crippen LogP contribution in [0.4, 0.5) is 5.82 Å². The molecule has 0 radical (unpaired) electrons. The van der Waals surface area contributed by atoms with Gasteiger partial charge in [-0.25, -0.2) is 4.98 Å². The Balaban J connectivity index is 1.69. The monoisotopic (exact) mass is 408 g/mol. The molecular formula is C17H21BrN4OS. The summed E-state index contributed by atoms with van der Waals surface area (Å²) in [6.45, 7) is 7.63. The Hall–Kier alpha value is -1.44. The molecule has 0 aliphatic heterocycles. The minimum Gasteiger partial charge on any atom is -0.376 e. The first-order valence-corrected chi connectivity index (χ1v) is 9.47. The Bertz CT molecular complexity index is 807. The fourth-order valence-corrected chi connectivity index (χ4v) is 3.60. The number of fused-ring (bicyclic) bond motifs is 1. The molecule has 1 aromatic carbocycles. The molecule has 0 fully saturated rings. The normalized spacial score (nSPS) is 12.0. The average Bonchev–Trinajstić information content (AvgIpc) is 3.01. The Morgan fingerprint density at radius 1 is 1.25 bits per heavy atom. The largest absolute Gasteiger partial charge is 0.376 e. The molecule has 5 nitrogen and oxygen atoms in total. The third-order valence-electron chi connectivity index (χ3n) is 3.34. The number of hydrogen-bond acceptors (Lipinski definition) is 5. The third kappa shape index (κ3) is 4.34. The summed E-state index contributed by atoms with van der Waals surface area (Å²) < 4.78 is 8.50. The minimum absolute atomic E-state index is 0.0638. The SMILES string of the molecule is CC(C)(C)Nc1c(CCOCc2ccccc2)nc2sc(Br)nn12. The Morgan fingerprint density at radius 3 is 2.71 bits per heavy atom. The summed E-state index contributed by atoms with van der Waals surface area (Å²) in [5, 5.41) is 7.99. The van der Waals surface area contributed by atoms with Crippen molar-refractivity contribution in [1.29, 1.82) is 0 Å². The highest BCUT2D eigenvalue weighted by Crippen LogP contribution is 2.27. The molecule has 0 aliphatic rings. The van der Waals surface area contributed by atoms with Crippen LogP contribution in [0.5, 0.6) is 0 Å². The van der Waals surface area contributed by atoms with E-state index in [1.165, 1.54) is 16.9 Å². The van der Waals surface area contributed by atoms with Gasteiger partial charge in [-0.3, -0.25) is 0 Å². The highest BCUT2D eigenvalue weighted by Gasteiger charge is 2.20. The van der Waals surface area contributed by atoms with E-state index in [0.717, 1.165) is 26.8 Å². The summed E-state index contributed by atoms with van der Waals surface area (Å²) >= 11 is 4.95. The molecule has 3 rings (SSSR count). The highest BCUT2D eigenvalue weighted by atomic mass is 79.9. The molecular weight excluding hydrogens is 388 g/mol. The van der Waals surface area contributed by atoms with Gasteiger partial charge in [-0.1, -0.05) is 41.7 Å². The minimum atomic E-state index is -0.0638. The summed E-state index contributed by atoms with van der Waals surface area (Å²) in [6.07, 6.45) is 0.749. The topological polar surface area (TPSA) is 51.5 Å². The maximum Gasteiger partial charge on any atom is 0.215 e. The van der Waals surface area contributed by atoms with Crippen LogP contribution in [-0.2, 0) is 17.8 Å². The molecule has 0 spiro atoms. The van der Waals surface area contributed by atoms with Gasteiger partial charge in [0.2, 0.25) is 4.96 Å². The van der Waals surface area contributed by atoms with Crippen molar-refractivity contribution in [3.63, 3.8) is 0 Å². The van der Waals surface area contributed by atoms with Crippen molar-refractivity contribution < 1.29 is 4.74 Å². The molecule has 0 aliphatic carbocycles. The number of benzene rings is 1. The molecule has 2 heterocycles. The van der Waals surface area contributed by atoms with Gasteiger partial charge >= 0.3 is 0 Å². The quantitative estimate of drug-likeness (QED) is 0.608. The summed E-state index contributed by atoms with van der Waals surface area (Å²) in [7, 11) is 0. The van der Waals surface area contributed by atoms with Crippen LogP contribution in [0, 0.1) is 0 Å². The van der Waals surface area contributed by atoms with Gasteiger partial charge in [-0.15, -0.1) is 5.10 Å². The Kier molecular flexibility index (Phi) is 5.22. The number of imidazole rings is 1. The summed E-state index contributed by atoms with van der Waals surface area (Å²) in [6, 6.07) is 10.2. The Labute approximate surface area is 154 Å². The number of aromatic nitrogens is 3. The van der Waals surface area contributed by atoms with Gasteiger partial charge in [0.15, 0.2) is 9.73 Å². The van der Waals surface area contributed by atoms with Crippen LogP contribution in [-0.4, -0.2) is 26.7 Å². The molecule has 128 valence electrons. The molecule has 0 saturated carbocycles. The zero-order valence-corrected chi connectivity index (χ0v) is 16.4. The molecule has 2 aromatic heterocycles. The van der Waals surface area contributed by atoms with Crippen LogP contribution in [0.15, 0.2) is 34.2 Å². The maximum atomic E-state index is 5.80. The number of rotatable bonds is 6. The van der Waals surface area contributed by atoms with Crippen LogP contribution in [0.3, 0.4) is 0 Å². The number of nitrogens with zero attached hydrogens (tertiary/aromatic N) is 3. The van der Waals surface area contributed by atoms with Crippen molar-refractivity contribution >= 4 is 38.0 Å². The Morgan fingerprint density at radius 2 is 2.00 bits per heavy atom. The van der Waals surface area contributed by atoms with Gasteiger partial charge in [0.25, 0.3) is 0 Å². The van der Waals surface area contributed by atoms with Crippen LogP contribution < -0.4 is 5.32 Å². The summed E-state index contributed by atoms with van der Waals surface area (Å²) in [5.74, 6) is 0.947. The second-order valence-electron chi connectivity index (χ2n) is 6.62. The number of ether oxygens (including phenoxy) is 1. The first-order valence-electron chi connectivity index (χ1n) is 7.86. The molecule has 24 heavy (non-hydrogen) atoms. The molecule has 3 aromatic rings. The lowest BCUT2D eigenvalue weighted by Crippen LogP contribution is -2.27. The second kappa shape index (κ2) is 7.21. The van der Waals surface area contributed by atoms with Crippen molar-refractivity contribution in [2.24, 2.45) is 0 Å². The number of anilines is 1. The van der Waals surface area contributed by atoms with Crippen molar-refractivity contribution in [2.45, 2.75) is 39.3 Å². The van der Waals surface area contributed by atoms with Gasteiger partial charge in [0.1, 0.15) is 0 Å². The molecule has 0 saturated heterocycles. The smallest absolute Gasteiger partial charge is 0.215 e. The van der Waals surface area contributed by atoms with Crippen LogP contribution in [0.2, 0.25) is 0 Å². The zero-order chi connectivity index (χ0) is 17.2. The van der Waals surface area contributed by atoms with E-state index in [0.29, 0.717) is 13.2 Å². The standard InChI is InChI=1S/C17H21BrN4OS/c1-17(2,3)20-14-13(19-16-22(14)21-15(18)24-16)9-10-23-11-12-7-5-4-6-8-12/h4-8,20H,9-11H2,1-3H3. The zero-order valence-electron chi connectivity index (χ0n) is 14.0. The average molecular weight is 409 g/mol. The predicted molar refractivity (Wildman–Crippen MR) is 102 cm³/mol. The van der Waals surface area contributed by atoms with Crippen molar-refractivity contribution in [1.82, 2.24) is 14.6 Å². The lowest BCUT2D eigenvalue weighted by molar-refractivity contribution is 0.123. The van der Waals surface area contributed by atoms with Gasteiger partial charge < -0.3 is 10.1 Å². The maximum absolute atomic E-state index is 5.80.